The molecule has 1 rings (SSSR count). The molecule has 0 bridgehead atoms. The van der Waals surface area contributed by atoms with Gasteiger partial charge in [0.15, 0.2) is 0 Å². The highest BCUT2D eigenvalue weighted by Crippen LogP contribution is 2.13. The molecule has 0 radical (unpaired) electrons. The number of benzene rings is 1. The number of ether oxygens (including phenoxy) is 1. The van der Waals surface area contributed by atoms with Crippen LogP contribution in [0.4, 0.5) is 0 Å². The second kappa shape index (κ2) is 9.41. The fourth-order valence-electron chi connectivity index (χ4n) is 1.92. The Morgan fingerprint density at radius 2 is 2.20 bits per heavy atom. The summed E-state index contributed by atoms with van der Waals surface area (Å²) in [6, 6.07) is 7.96. The monoisotopic (exact) mass is 275 g/mol. The fourth-order valence-corrected chi connectivity index (χ4v) is 1.92. The van der Waals surface area contributed by atoms with E-state index in [9.17, 15) is 5.11 Å². The largest absolute Gasteiger partial charge is 0.491 e. The van der Waals surface area contributed by atoms with Crippen molar-refractivity contribution in [3.05, 3.63) is 29.8 Å². The van der Waals surface area contributed by atoms with E-state index in [-0.39, 0.29) is 12.6 Å². The Morgan fingerprint density at radius 1 is 1.40 bits per heavy atom. The summed E-state index contributed by atoms with van der Waals surface area (Å²) in [5.74, 6) is 3.48. The predicted octanol–water partition coefficient (Wildman–Crippen LogP) is 2.38. The molecule has 0 aromatic heterocycles. The van der Waals surface area contributed by atoms with Crippen LogP contribution in [0.1, 0.15) is 32.3 Å². The Morgan fingerprint density at radius 3 is 2.85 bits per heavy atom. The van der Waals surface area contributed by atoms with Gasteiger partial charge >= 0.3 is 0 Å². The molecule has 0 fully saturated rings. The van der Waals surface area contributed by atoms with Crippen LogP contribution >= 0.6 is 0 Å². The molecule has 0 aliphatic rings. The van der Waals surface area contributed by atoms with Gasteiger partial charge in [0.1, 0.15) is 18.5 Å². The first kappa shape index (κ1) is 16.6. The molecule has 1 aromatic carbocycles. The lowest BCUT2D eigenvalue weighted by atomic mass is 10.1. The molecule has 0 heterocycles. The smallest absolute Gasteiger partial charge is 0.119 e. The van der Waals surface area contributed by atoms with E-state index in [2.05, 4.69) is 31.2 Å². The van der Waals surface area contributed by atoms with Crippen molar-refractivity contribution in [2.45, 2.75) is 45.3 Å². The quantitative estimate of drug-likeness (QED) is 0.680. The molecular formula is C17H25NO2. The van der Waals surface area contributed by atoms with Gasteiger partial charge in [-0.2, -0.15) is 0 Å². The normalized spacial score (nSPS) is 13.5. The lowest BCUT2D eigenvalue weighted by molar-refractivity contribution is 0.105. The number of rotatable bonds is 9. The van der Waals surface area contributed by atoms with Crippen molar-refractivity contribution in [3.8, 4) is 18.1 Å². The van der Waals surface area contributed by atoms with E-state index in [1.165, 1.54) is 5.56 Å². The Bertz CT molecular complexity index is 425. The fraction of sp³-hybridized carbons (Fsp3) is 0.529. The summed E-state index contributed by atoms with van der Waals surface area (Å²) in [6.45, 7) is 4.91. The highest BCUT2D eigenvalue weighted by atomic mass is 16.5. The van der Waals surface area contributed by atoms with Gasteiger partial charge in [-0.05, 0) is 30.5 Å². The number of aliphatic hydroxyl groups excluding tert-OH is 1. The first-order valence-corrected chi connectivity index (χ1v) is 7.28. The molecule has 0 saturated heterocycles. The van der Waals surface area contributed by atoms with Gasteiger partial charge < -0.3 is 15.2 Å². The SMILES string of the molecule is C#CC(CCC)NCC(O)COc1cccc(CC)c1. The van der Waals surface area contributed by atoms with Crippen molar-refractivity contribution in [3.63, 3.8) is 0 Å². The zero-order valence-corrected chi connectivity index (χ0v) is 12.4. The molecule has 1 aromatic rings. The summed E-state index contributed by atoms with van der Waals surface area (Å²) in [5.41, 5.74) is 1.23. The van der Waals surface area contributed by atoms with E-state index in [1.807, 2.05) is 18.2 Å². The summed E-state index contributed by atoms with van der Waals surface area (Å²) < 4.78 is 5.59. The highest BCUT2D eigenvalue weighted by molar-refractivity contribution is 5.28. The van der Waals surface area contributed by atoms with Gasteiger partial charge in [-0.3, -0.25) is 0 Å². The van der Waals surface area contributed by atoms with E-state index >= 15 is 0 Å². The maximum absolute atomic E-state index is 9.89. The summed E-state index contributed by atoms with van der Waals surface area (Å²) in [6.07, 6.45) is 7.77. The van der Waals surface area contributed by atoms with Gasteiger partial charge in [0.05, 0.1) is 6.04 Å². The highest BCUT2D eigenvalue weighted by Gasteiger charge is 2.09. The van der Waals surface area contributed by atoms with Crippen molar-refractivity contribution in [2.75, 3.05) is 13.2 Å². The second-order valence-electron chi connectivity index (χ2n) is 4.88. The topological polar surface area (TPSA) is 41.5 Å². The van der Waals surface area contributed by atoms with Gasteiger partial charge in [-0.25, -0.2) is 0 Å². The third kappa shape index (κ3) is 6.10. The van der Waals surface area contributed by atoms with Crippen molar-refractivity contribution < 1.29 is 9.84 Å². The molecule has 20 heavy (non-hydrogen) atoms. The van der Waals surface area contributed by atoms with Crippen LogP contribution in [0, 0.1) is 12.3 Å². The average molecular weight is 275 g/mol. The maximum Gasteiger partial charge on any atom is 0.119 e. The van der Waals surface area contributed by atoms with E-state index in [1.54, 1.807) is 0 Å². The molecule has 2 atom stereocenters. The first-order chi connectivity index (χ1) is 9.69. The number of aliphatic hydroxyl groups is 1. The number of nitrogens with one attached hydrogen (secondary N) is 1. The molecule has 3 heteroatoms. The van der Waals surface area contributed by atoms with E-state index in [0.717, 1.165) is 25.0 Å². The summed E-state index contributed by atoms with van der Waals surface area (Å²) >= 11 is 0. The van der Waals surface area contributed by atoms with Crippen LogP contribution < -0.4 is 10.1 Å². The molecule has 110 valence electrons. The molecule has 0 amide bonds. The molecular weight excluding hydrogens is 250 g/mol. The Hall–Kier alpha value is -1.50. The minimum absolute atomic E-state index is 0.0260. The number of hydrogen-bond donors (Lipinski definition) is 2. The van der Waals surface area contributed by atoms with Crippen molar-refractivity contribution >= 4 is 0 Å². The van der Waals surface area contributed by atoms with Crippen LogP contribution in [0.3, 0.4) is 0 Å². The molecule has 2 N–H and O–H groups in total. The van der Waals surface area contributed by atoms with Crippen molar-refractivity contribution in [1.29, 1.82) is 0 Å². The zero-order chi connectivity index (χ0) is 14.8. The third-order valence-electron chi connectivity index (χ3n) is 3.13. The van der Waals surface area contributed by atoms with E-state index in [0.29, 0.717) is 6.54 Å². The Balaban J connectivity index is 2.32. The summed E-state index contributed by atoms with van der Waals surface area (Å²) in [5, 5.41) is 13.1. The number of aryl methyl sites for hydroxylation is 1. The van der Waals surface area contributed by atoms with Gasteiger partial charge in [0.25, 0.3) is 0 Å². The average Bonchev–Trinajstić information content (AvgIpc) is 2.49. The number of hydrogen-bond acceptors (Lipinski definition) is 3. The number of terminal acetylenes is 1. The predicted molar refractivity (Wildman–Crippen MR) is 82.9 cm³/mol. The lowest BCUT2D eigenvalue weighted by Crippen LogP contribution is -2.37. The minimum Gasteiger partial charge on any atom is -0.491 e. The third-order valence-corrected chi connectivity index (χ3v) is 3.13. The maximum atomic E-state index is 9.89. The van der Waals surface area contributed by atoms with Gasteiger partial charge in [-0.15, -0.1) is 6.42 Å². The summed E-state index contributed by atoms with van der Waals surface area (Å²) in [7, 11) is 0. The molecule has 0 aliphatic heterocycles. The Labute approximate surface area is 122 Å². The van der Waals surface area contributed by atoms with Crippen LogP contribution in [0.15, 0.2) is 24.3 Å². The van der Waals surface area contributed by atoms with Crippen LogP contribution in [-0.4, -0.2) is 30.4 Å². The van der Waals surface area contributed by atoms with E-state index < -0.39 is 6.10 Å². The second-order valence-corrected chi connectivity index (χ2v) is 4.88. The van der Waals surface area contributed by atoms with Crippen LogP contribution in [0.25, 0.3) is 0 Å². The molecule has 2 unspecified atom stereocenters. The summed E-state index contributed by atoms with van der Waals surface area (Å²) in [4.78, 5) is 0. The van der Waals surface area contributed by atoms with Gasteiger partial charge in [0, 0.05) is 6.54 Å². The van der Waals surface area contributed by atoms with Crippen LogP contribution in [-0.2, 0) is 6.42 Å². The van der Waals surface area contributed by atoms with Crippen molar-refractivity contribution in [2.24, 2.45) is 0 Å². The van der Waals surface area contributed by atoms with Crippen molar-refractivity contribution in [1.82, 2.24) is 5.32 Å². The zero-order valence-electron chi connectivity index (χ0n) is 12.4. The van der Waals surface area contributed by atoms with Gasteiger partial charge in [0.2, 0.25) is 0 Å². The first-order valence-electron chi connectivity index (χ1n) is 7.28. The molecule has 0 aliphatic carbocycles. The molecule has 3 nitrogen and oxygen atoms in total. The van der Waals surface area contributed by atoms with Gasteiger partial charge in [-0.1, -0.05) is 38.3 Å². The standard InChI is InChI=1S/C17H25NO2/c1-4-8-15(6-3)18-12-16(19)13-20-17-10-7-9-14(5-2)11-17/h3,7,9-11,15-16,18-19H,4-5,8,12-13H2,1-2H3. The van der Waals surface area contributed by atoms with E-state index in [4.69, 9.17) is 11.2 Å². The molecule has 0 saturated carbocycles. The van der Waals surface area contributed by atoms with Crippen LogP contribution in [0.2, 0.25) is 0 Å². The lowest BCUT2D eigenvalue weighted by Gasteiger charge is -2.16. The van der Waals surface area contributed by atoms with Crippen LogP contribution in [0.5, 0.6) is 5.75 Å². The minimum atomic E-state index is -0.562. The molecule has 0 spiro atoms. The Kier molecular flexibility index (Phi) is 7.79.